The lowest BCUT2D eigenvalue weighted by molar-refractivity contribution is 0.0708. The molecule has 0 saturated carbocycles. The predicted octanol–water partition coefficient (Wildman–Crippen LogP) is 4.09. The fraction of sp³-hybridized carbons (Fsp3) is 0.304. The smallest absolute Gasteiger partial charge is 0.257 e. The number of para-hydroxylation sites is 1. The van der Waals surface area contributed by atoms with Crippen LogP contribution in [0.1, 0.15) is 28.8 Å². The van der Waals surface area contributed by atoms with Crippen LogP contribution in [0.5, 0.6) is 0 Å². The third-order valence-corrected chi connectivity index (χ3v) is 5.56. The van der Waals surface area contributed by atoms with Crippen LogP contribution in [0.25, 0.3) is 16.9 Å². The quantitative estimate of drug-likeness (QED) is 0.704. The summed E-state index contributed by atoms with van der Waals surface area (Å²) in [5.41, 5.74) is 4.49. The number of piperidine rings is 1. The van der Waals surface area contributed by atoms with Crippen molar-refractivity contribution in [2.45, 2.75) is 25.8 Å². The molecule has 0 aliphatic carbocycles. The van der Waals surface area contributed by atoms with Gasteiger partial charge in [0.2, 0.25) is 0 Å². The first-order valence-corrected chi connectivity index (χ1v) is 9.85. The molecule has 0 atom stereocenters. The van der Waals surface area contributed by atoms with E-state index in [1.807, 2.05) is 71.4 Å². The maximum Gasteiger partial charge on any atom is 0.257 e. The van der Waals surface area contributed by atoms with Gasteiger partial charge in [-0.25, -0.2) is 4.68 Å². The Balaban J connectivity index is 0.00000240. The molecule has 29 heavy (non-hydrogen) atoms. The van der Waals surface area contributed by atoms with Crippen LogP contribution in [0.3, 0.4) is 0 Å². The Kier molecular flexibility index (Phi) is 6.72. The summed E-state index contributed by atoms with van der Waals surface area (Å²) < 4.78 is 1.81. The highest BCUT2D eigenvalue weighted by molar-refractivity contribution is 6.00. The molecule has 1 aliphatic heterocycles. The molecule has 6 heteroatoms. The normalized spacial score (nSPS) is 14.5. The number of benzene rings is 2. The Morgan fingerprint density at radius 3 is 2.34 bits per heavy atom. The van der Waals surface area contributed by atoms with Gasteiger partial charge >= 0.3 is 0 Å². The molecule has 1 aliphatic rings. The van der Waals surface area contributed by atoms with Crippen LogP contribution >= 0.6 is 12.4 Å². The van der Waals surface area contributed by atoms with Gasteiger partial charge in [-0.2, -0.15) is 5.10 Å². The number of carbonyl (C=O) groups is 1. The van der Waals surface area contributed by atoms with E-state index in [2.05, 4.69) is 18.3 Å². The maximum atomic E-state index is 13.4. The van der Waals surface area contributed by atoms with E-state index in [9.17, 15) is 4.79 Å². The van der Waals surface area contributed by atoms with Gasteiger partial charge < -0.3 is 10.2 Å². The largest absolute Gasteiger partial charge is 0.338 e. The van der Waals surface area contributed by atoms with Crippen molar-refractivity contribution in [3.05, 3.63) is 71.9 Å². The minimum Gasteiger partial charge on any atom is -0.338 e. The van der Waals surface area contributed by atoms with E-state index < -0.39 is 0 Å². The molecule has 2 aromatic carbocycles. The van der Waals surface area contributed by atoms with Gasteiger partial charge in [-0.15, -0.1) is 12.4 Å². The van der Waals surface area contributed by atoms with Crippen molar-refractivity contribution in [3.63, 3.8) is 0 Å². The highest BCUT2D eigenvalue weighted by Gasteiger charge is 2.27. The summed E-state index contributed by atoms with van der Waals surface area (Å²) in [5, 5.41) is 8.13. The van der Waals surface area contributed by atoms with Crippen molar-refractivity contribution in [2.75, 3.05) is 20.1 Å². The van der Waals surface area contributed by atoms with Crippen LogP contribution in [-0.2, 0) is 0 Å². The van der Waals surface area contributed by atoms with Gasteiger partial charge in [0.15, 0.2) is 0 Å². The molecule has 0 radical (unpaired) electrons. The van der Waals surface area contributed by atoms with Crippen molar-refractivity contribution < 1.29 is 4.79 Å². The number of carbonyl (C=O) groups excluding carboxylic acids is 1. The lowest BCUT2D eigenvalue weighted by Crippen LogP contribution is -2.44. The van der Waals surface area contributed by atoms with Crippen molar-refractivity contribution >= 4 is 18.3 Å². The fourth-order valence-corrected chi connectivity index (χ4v) is 3.82. The minimum atomic E-state index is 0. The molecule has 0 bridgehead atoms. The average molecular weight is 411 g/mol. The van der Waals surface area contributed by atoms with Gasteiger partial charge in [-0.1, -0.05) is 42.5 Å². The van der Waals surface area contributed by atoms with Crippen molar-refractivity contribution in [2.24, 2.45) is 0 Å². The maximum absolute atomic E-state index is 13.4. The van der Waals surface area contributed by atoms with Crippen LogP contribution in [-0.4, -0.2) is 46.8 Å². The fourth-order valence-electron chi connectivity index (χ4n) is 3.82. The highest BCUT2D eigenvalue weighted by atomic mass is 35.5. The molecule has 3 aromatic rings. The lowest BCUT2D eigenvalue weighted by Gasteiger charge is -2.31. The molecule has 1 N–H and O–H groups in total. The Hall–Kier alpha value is -2.63. The van der Waals surface area contributed by atoms with Gasteiger partial charge in [0.1, 0.15) is 5.69 Å². The number of nitrogens with zero attached hydrogens (tertiary/aromatic N) is 3. The summed E-state index contributed by atoms with van der Waals surface area (Å²) in [6.45, 7) is 3.60. The molecule has 1 amide bonds. The Morgan fingerprint density at radius 2 is 1.69 bits per heavy atom. The van der Waals surface area contributed by atoms with Gasteiger partial charge in [0.05, 0.1) is 11.3 Å². The summed E-state index contributed by atoms with van der Waals surface area (Å²) in [6, 6.07) is 18.5. The van der Waals surface area contributed by atoms with E-state index in [4.69, 9.17) is 5.10 Å². The molecule has 5 nitrogen and oxygen atoms in total. The van der Waals surface area contributed by atoms with Gasteiger partial charge in [-0.05, 0) is 44.5 Å². The summed E-state index contributed by atoms with van der Waals surface area (Å²) >= 11 is 0. The predicted molar refractivity (Wildman–Crippen MR) is 119 cm³/mol. The van der Waals surface area contributed by atoms with Crippen molar-refractivity contribution in [3.8, 4) is 16.9 Å². The third-order valence-electron chi connectivity index (χ3n) is 5.56. The molecular weight excluding hydrogens is 384 g/mol. The number of aromatic nitrogens is 2. The number of rotatable bonds is 4. The monoisotopic (exact) mass is 410 g/mol. The van der Waals surface area contributed by atoms with Crippen LogP contribution in [0.2, 0.25) is 0 Å². The number of hydrogen-bond acceptors (Lipinski definition) is 3. The molecule has 1 saturated heterocycles. The first-order valence-electron chi connectivity index (χ1n) is 9.85. The van der Waals surface area contributed by atoms with Gasteiger partial charge in [0.25, 0.3) is 5.91 Å². The number of halogens is 1. The van der Waals surface area contributed by atoms with E-state index in [-0.39, 0.29) is 18.3 Å². The SMILES string of the molecule is CNC1CCN(C(=O)c2cn(-c3ccccc3)nc2-c2ccccc2C)CC1.Cl. The van der Waals surface area contributed by atoms with Crippen LogP contribution in [0.15, 0.2) is 60.8 Å². The Morgan fingerprint density at radius 1 is 1.03 bits per heavy atom. The van der Waals surface area contributed by atoms with Gasteiger partial charge in [-0.3, -0.25) is 4.79 Å². The molecule has 0 spiro atoms. The van der Waals surface area contributed by atoms with Crippen LogP contribution in [0.4, 0.5) is 0 Å². The molecule has 1 aromatic heterocycles. The number of likely N-dealkylation sites (tertiary alicyclic amines) is 1. The molecule has 152 valence electrons. The molecule has 4 rings (SSSR count). The number of hydrogen-bond donors (Lipinski definition) is 1. The van der Waals surface area contributed by atoms with E-state index >= 15 is 0 Å². The summed E-state index contributed by atoms with van der Waals surface area (Å²) in [7, 11) is 1.99. The zero-order valence-corrected chi connectivity index (χ0v) is 17.7. The average Bonchev–Trinajstić information content (AvgIpc) is 3.19. The summed E-state index contributed by atoms with van der Waals surface area (Å²) in [6.07, 6.45) is 3.84. The Labute approximate surface area is 178 Å². The lowest BCUT2D eigenvalue weighted by atomic mass is 10.0. The minimum absolute atomic E-state index is 0. The standard InChI is InChI=1S/C23H26N4O.ClH/c1-17-8-6-7-11-20(17)22-21(16-27(25-22)19-9-4-3-5-10-19)23(28)26-14-12-18(24-2)13-15-26;/h3-11,16,18,24H,12-15H2,1-2H3;1H. The molecule has 0 unspecified atom stereocenters. The van der Waals surface area contributed by atoms with Crippen LogP contribution in [0, 0.1) is 6.92 Å². The third kappa shape index (κ3) is 4.36. The van der Waals surface area contributed by atoms with Crippen molar-refractivity contribution in [1.82, 2.24) is 20.0 Å². The van der Waals surface area contributed by atoms with Crippen molar-refractivity contribution in [1.29, 1.82) is 0 Å². The Bertz CT molecular complexity index is 962. The zero-order chi connectivity index (χ0) is 19.5. The number of amides is 1. The van der Waals surface area contributed by atoms with Gasteiger partial charge in [0, 0.05) is 30.9 Å². The zero-order valence-electron chi connectivity index (χ0n) is 16.8. The first-order chi connectivity index (χ1) is 13.7. The van der Waals surface area contributed by atoms with Crippen LogP contribution < -0.4 is 5.32 Å². The molecule has 2 heterocycles. The topological polar surface area (TPSA) is 50.2 Å². The highest BCUT2D eigenvalue weighted by Crippen LogP contribution is 2.28. The van der Waals surface area contributed by atoms with E-state index in [1.165, 1.54) is 0 Å². The molecule has 1 fully saturated rings. The first kappa shape index (κ1) is 21.1. The second-order valence-corrected chi connectivity index (χ2v) is 7.34. The second-order valence-electron chi connectivity index (χ2n) is 7.34. The van der Waals surface area contributed by atoms with E-state index in [1.54, 1.807) is 0 Å². The molecular formula is C23H27ClN4O. The number of aryl methyl sites for hydroxylation is 1. The summed E-state index contributed by atoms with van der Waals surface area (Å²) in [5.74, 6) is 0.0648. The second kappa shape index (κ2) is 9.25. The number of nitrogens with one attached hydrogen (secondary N) is 1. The summed E-state index contributed by atoms with van der Waals surface area (Å²) in [4.78, 5) is 15.4. The van der Waals surface area contributed by atoms with E-state index in [0.29, 0.717) is 11.6 Å². The van der Waals surface area contributed by atoms with E-state index in [0.717, 1.165) is 48.4 Å².